The minimum Gasteiger partial charge on any atom is -0.354 e. The highest BCUT2D eigenvalue weighted by Gasteiger charge is 2.31. The van der Waals surface area contributed by atoms with Gasteiger partial charge in [-0.2, -0.15) is 0 Å². The van der Waals surface area contributed by atoms with Crippen LogP contribution in [0.5, 0.6) is 0 Å². The summed E-state index contributed by atoms with van der Waals surface area (Å²) in [5, 5.41) is 4.56. The Hall–Kier alpha value is -3.39. The fourth-order valence-corrected chi connectivity index (χ4v) is 5.28. The van der Waals surface area contributed by atoms with Gasteiger partial charge >= 0.3 is 0 Å². The molecule has 8 heteroatoms. The largest absolute Gasteiger partial charge is 0.354 e. The molecular weight excluding hydrogens is 486 g/mol. The number of sulfonamides is 1. The zero-order valence-corrected chi connectivity index (χ0v) is 22.7. The van der Waals surface area contributed by atoms with Crippen molar-refractivity contribution in [3.05, 3.63) is 78.4 Å². The molecule has 0 aromatic heterocycles. The summed E-state index contributed by atoms with van der Waals surface area (Å²) in [6, 6.07) is 21.9. The Morgan fingerprint density at radius 1 is 0.919 bits per heavy atom. The minimum absolute atomic E-state index is 0.214. The smallest absolute Gasteiger partial charge is 0.244 e. The normalized spacial score (nSPS) is 12.2. The number of benzene rings is 3. The molecule has 3 aromatic rings. The molecule has 0 radical (unpaired) electrons. The van der Waals surface area contributed by atoms with Gasteiger partial charge in [0.2, 0.25) is 21.8 Å². The number of hydrogen-bond acceptors (Lipinski definition) is 4. The van der Waals surface area contributed by atoms with Crippen molar-refractivity contribution < 1.29 is 18.0 Å². The molecule has 1 atom stereocenters. The van der Waals surface area contributed by atoms with Crippen LogP contribution in [-0.4, -0.2) is 57.1 Å². The topological polar surface area (TPSA) is 86.8 Å². The Kier molecular flexibility index (Phi) is 10.1. The first-order valence-corrected chi connectivity index (χ1v) is 14.7. The van der Waals surface area contributed by atoms with Crippen LogP contribution in [0.15, 0.2) is 72.8 Å². The van der Waals surface area contributed by atoms with Crippen LogP contribution in [-0.2, 0) is 26.0 Å². The second kappa shape index (κ2) is 13.2. The maximum Gasteiger partial charge on any atom is 0.244 e. The lowest BCUT2D eigenvalue weighted by Crippen LogP contribution is -2.53. The molecule has 0 saturated heterocycles. The molecule has 2 amide bonds. The molecule has 37 heavy (non-hydrogen) atoms. The van der Waals surface area contributed by atoms with Crippen molar-refractivity contribution >= 4 is 38.3 Å². The van der Waals surface area contributed by atoms with Gasteiger partial charge in [-0.15, -0.1) is 0 Å². The molecule has 0 fully saturated rings. The molecule has 0 aliphatic carbocycles. The van der Waals surface area contributed by atoms with E-state index in [0.717, 1.165) is 39.7 Å². The summed E-state index contributed by atoms with van der Waals surface area (Å²) in [6.45, 7) is 4.37. The fraction of sp³-hybridized carbons (Fsp3) is 0.379. The van der Waals surface area contributed by atoms with E-state index in [1.54, 1.807) is 12.1 Å². The maximum absolute atomic E-state index is 13.8. The molecule has 0 unspecified atom stereocenters. The highest BCUT2D eigenvalue weighted by Crippen LogP contribution is 2.28. The van der Waals surface area contributed by atoms with Crippen LogP contribution in [0.25, 0.3) is 10.8 Å². The van der Waals surface area contributed by atoms with Crippen molar-refractivity contribution in [2.45, 2.75) is 45.6 Å². The van der Waals surface area contributed by atoms with Gasteiger partial charge in [0.15, 0.2) is 0 Å². The van der Waals surface area contributed by atoms with E-state index >= 15 is 0 Å². The third kappa shape index (κ3) is 7.55. The average Bonchev–Trinajstić information content (AvgIpc) is 2.89. The van der Waals surface area contributed by atoms with Crippen LogP contribution in [0.1, 0.15) is 38.7 Å². The number of fused-ring (bicyclic) bond motifs is 1. The van der Waals surface area contributed by atoms with E-state index in [-0.39, 0.29) is 12.5 Å². The van der Waals surface area contributed by atoms with Crippen molar-refractivity contribution in [2.24, 2.45) is 0 Å². The summed E-state index contributed by atoms with van der Waals surface area (Å²) in [4.78, 5) is 28.4. The van der Waals surface area contributed by atoms with Gasteiger partial charge in [0.25, 0.3) is 0 Å². The third-order valence-electron chi connectivity index (χ3n) is 6.41. The number of rotatable bonds is 13. The highest BCUT2D eigenvalue weighted by molar-refractivity contribution is 7.92. The lowest BCUT2D eigenvalue weighted by Gasteiger charge is -2.33. The molecule has 3 rings (SSSR count). The fourth-order valence-electron chi connectivity index (χ4n) is 4.42. The number of nitrogens with zero attached hydrogens (tertiary/aromatic N) is 2. The molecule has 1 N–H and O–H groups in total. The number of amides is 2. The Morgan fingerprint density at radius 2 is 1.59 bits per heavy atom. The predicted octanol–water partition coefficient (Wildman–Crippen LogP) is 4.37. The summed E-state index contributed by atoms with van der Waals surface area (Å²) >= 11 is 0. The van der Waals surface area contributed by atoms with E-state index in [0.29, 0.717) is 31.6 Å². The van der Waals surface area contributed by atoms with Gasteiger partial charge in [0.1, 0.15) is 12.6 Å². The van der Waals surface area contributed by atoms with Gasteiger partial charge in [-0.1, -0.05) is 87.0 Å². The van der Waals surface area contributed by atoms with Gasteiger partial charge in [-0.05, 0) is 36.3 Å². The zero-order chi connectivity index (χ0) is 26.8. The van der Waals surface area contributed by atoms with Gasteiger partial charge in [-0.25, -0.2) is 8.42 Å². The zero-order valence-electron chi connectivity index (χ0n) is 21.9. The highest BCUT2D eigenvalue weighted by atomic mass is 32.2. The maximum atomic E-state index is 13.8. The number of unbranched alkanes of at least 4 members (excludes halogenated alkanes) is 1. The van der Waals surface area contributed by atoms with E-state index in [1.807, 2.05) is 74.5 Å². The molecule has 0 aliphatic heterocycles. The second-order valence-electron chi connectivity index (χ2n) is 9.16. The van der Waals surface area contributed by atoms with Crippen LogP contribution in [0.2, 0.25) is 0 Å². The van der Waals surface area contributed by atoms with Crippen molar-refractivity contribution in [1.29, 1.82) is 0 Å². The summed E-state index contributed by atoms with van der Waals surface area (Å²) in [6.07, 6.45) is 3.88. The molecule has 7 nitrogen and oxygen atoms in total. The van der Waals surface area contributed by atoms with E-state index in [2.05, 4.69) is 5.32 Å². The van der Waals surface area contributed by atoms with Crippen molar-refractivity contribution in [3.8, 4) is 0 Å². The number of carbonyl (C=O) groups excluding carboxylic acids is 2. The molecule has 0 spiro atoms. The van der Waals surface area contributed by atoms with Crippen molar-refractivity contribution in [1.82, 2.24) is 10.2 Å². The lowest BCUT2D eigenvalue weighted by molar-refractivity contribution is -0.139. The molecule has 0 heterocycles. The lowest BCUT2D eigenvalue weighted by atomic mass is 10.1. The summed E-state index contributed by atoms with van der Waals surface area (Å²) in [7, 11) is -3.79. The van der Waals surface area contributed by atoms with Crippen LogP contribution >= 0.6 is 0 Å². The first-order chi connectivity index (χ1) is 17.8. The van der Waals surface area contributed by atoms with Gasteiger partial charge in [0, 0.05) is 18.5 Å². The summed E-state index contributed by atoms with van der Waals surface area (Å²) in [5.41, 5.74) is 1.48. The van der Waals surface area contributed by atoms with E-state index in [1.165, 1.54) is 4.90 Å². The first kappa shape index (κ1) is 28.2. The van der Waals surface area contributed by atoms with Crippen LogP contribution < -0.4 is 9.62 Å². The van der Waals surface area contributed by atoms with Gasteiger partial charge < -0.3 is 10.2 Å². The summed E-state index contributed by atoms with van der Waals surface area (Å²) in [5.74, 6) is -0.625. The number of hydrogen-bond donors (Lipinski definition) is 1. The standard InChI is InChI=1S/C29H37N3O4S/c1-4-6-20-30-29(34)26(5-2)31(21-19-23-13-8-7-9-14-23)28(33)22-32(37(3,35)36)27-18-12-16-24-15-10-11-17-25(24)27/h7-18,26H,4-6,19-22H2,1-3H3,(H,30,34)/t26-/m0/s1. The van der Waals surface area contributed by atoms with Crippen molar-refractivity contribution in [2.75, 3.05) is 30.2 Å². The number of anilines is 1. The van der Waals surface area contributed by atoms with Crippen LogP contribution in [0, 0.1) is 0 Å². The monoisotopic (exact) mass is 523 g/mol. The minimum atomic E-state index is -3.79. The molecule has 198 valence electrons. The van der Waals surface area contributed by atoms with Crippen LogP contribution in [0.3, 0.4) is 0 Å². The molecule has 0 aliphatic rings. The Labute approximate surface area is 220 Å². The molecule has 0 bridgehead atoms. The van der Waals surface area contributed by atoms with Crippen molar-refractivity contribution in [3.63, 3.8) is 0 Å². The number of nitrogens with one attached hydrogen (secondary N) is 1. The van der Waals surface area contributed by atoms with Gasteiger partial charge in [-0.3, -0.25) is 13.9 Å². The first-order valence-electron chi connectivity index (χ1n) is 12.8. The average molecular weight is 524 g/mol. The van der Waals surface area contributed by atoms with E-state index in [4.69, 9.17) is 0 Å². The molecule has 0 saturated carbocycles. The Balaban J connectivity index is 1.93. The third-order valence-corrected chi connectivity index (χ3v) is 7.54. The van der Waals surface area contributed by atoms with E-state index < -0.39 is 22.0 Å². The number of carbonyl (C=O) groups is 2. The molecule has 3 aromatic carbocycles. The Bertz CT molecular complexity index is 1290. The van der Waals surface area contributed by atoms with Crippen LogP contribution in [0.4, 0.5) is 5.69 Å². The molecular formula is C29H37N3O4S. The quantitative estimate of drug-likeness (QED) is 0.337. The SMILES string of the molecule is CCCCNC(=O)[C@H](CC)N(CCc1ccccc1)C(=O)CN(c1cccc2ccccc12)S(C)(=O)=O. The summed E-state index contributed by atoms with van der Waals surface area (Å²) < 4.78 is 27.0. The van der Waals surface area contributed by atoms with E-state index in [9.17, 15) is 18.0 Å². The second-order valence-corrected chi connectivity index (χ2v) is 11.1. The Morgan fingerprint density at radius 3 is 2.27 bits per heavy atom. The predicted molar refractivity (Wildman–Crippen MR) is 150 cm³/mol. The van der Waals surface area contributed by atoms with Gasteiger partial charge in [0.05, 0.1) is 11.9 Å².